The van der Waals surface area contributed by atoms with Crippen LogP contribution in [0.15, 0.2) is 47.0 Å². The molecule has 0 heterocycles. The summed E-state index contributed by atoms with van der Waals surface area (Å²) in [6.07, 6.45) is 3.30. The van der Waals surface area contributed by atoms with Crippen LogP contribution in [0.1, 0.15) is 12.5 Å². The number of halogens is 1. The number of hydrogen-bond donors (Lipinski definition) is 1. The van der Waals surface area contributed by atoms with Crippen molar-refractivity contribution in [1.82, 2.24) is 5.32 Å². The summed E-state index contributed by atoms with van der Waals surface area (Å²) >= 11 is 3.35. The van der Waals surface area contributed by atoms with Crippen molar-refractivity contribution in [1.29, 1.82) is 0 Å². The smallest absolute Gasteiger partial charge is 0.244 e. The van der Waals surface area contributed by atoms with Crippen LogP contribution in [0.4, 0.5) is 0 Å². The Hall–Kier alpha value is -1.35. The van der Waals surface area contributed by atoms with E-state index in [9.17, 15) is 4.79 Å². The summed E-state index contributed by atoms with van der Waals surface area (Å²) < 4.78 is 1.02. The second-order valence-electron chi connectivity index (χ2n) is 3.56. The minimum absolute atomic E-state index is 0.106. The quantitative estimate of drug-likeness (QED) is 0.666. The molecule has 0 unspecified atom stereocenters. The van der Waals surface area contributed by atoms with Crippen molar-refractivity contribution in [2.45, 2.75) is 6.92 Å². The van der Waals surface area contributed by atoms with Gasteiger partial charge in [-0.1, -0.05) is 40.2 Å². The summed E-state index contributed by atoms with van der Waals surface area (Å²) in [4.78, 5) is 11.3. The van der Waals surface area contributed by atoms with E-state index in [-0.39, 0.29) is 5.91 Å². The standard InChI is InChI=1S/C13H14BrNO/c1-10(2)9-15-13(16)8-5-11-3-6-12(14)7-4-11/h3-8H,1,9H2,2H3,(H,15,16)/b8-5+. The highest BCUT2D eigenvalue weighted by Crippen LogP contribution is 2.11. The van der Waals surface area contributed by atoms with Gasteiger partial charge in [0.15, 0.2) is 0 Å². The average molecular weight is 280 g/mol. The topological polar surface area (TPSA) is 29.1 Å². The van der Waals surface area contributed by atoms with Crippen LogP contribution in [-0.2, 0) is 4.79 Å². The first-order valence-corrected chi connectivity index (χ1v) is 5.73. The molecule has 0 aliphatic rings. The normalized spacial score (nSPS) is 10.4. The van der Waals surface area contributed by atoms with Crippen LogP contribution in [0, 0.1) is 0 Å². The lowest BCUT2D eigenvalue weighted by Crippen LogP contribution is -2.22. The SMILES string of the molecule is C=C(C)CNC(=O)/C=C/c1ccc(Br)cc1. The molecule has 1 rings (SSSR count). The summed E-state index contributed by atoms with van der Waals surface area (Å²) in [5.74, 6) is -0.106. The number of amides is 1. The van der Waals surface area contributed by atoms with Crippen LogP contribution in [0.25, 0.3) is 6.08 Å². The molecule has 0 spiro atoms. The molecule has 0 fully saturated rings. The molecule has 0 aromatic heterocycles. The highest BCUT2D eigenvalue weighted by Gasteiger charge is 1.94. The molecule has 2 nitrogen and oxygen atoms in total. The monoisotopic (exact) mass is 279 g/mol. The van der Waals surface area contributed by atoms with Crippen LogP contribution in [0.2, 0.25) is 0 Å². The maximum Gasteiger partial charge on any atom is 0.244 e. The van der Waals surface area contributed by atoms with Crippen molar-refractivity contribution in [3.63, 3.8) is 0 Å². The predicted molar refractivity (Wildman–Crippen MR) is 71.0 cm³/mol. The van der Waals surface area contributed by atoms with Crippen molar-refractivity contribution in [3.8, 4) is 0 Å². The molecule has 0 aliphatic heterocycles. The fourth-order valence-electron chi connectivity index (χ4n) is 1.04. The van der Waals surface area contributed by atoms with Gasteiger partial charge in [-0.15, -0.1) is 0 Å². The Bertz CT molecular complexity index is 406. The van der Waals surface area contributed by atoms with Gasteiger partial charge in [-0.3, -0.25) is 4.79 Å². The lowest BCUT2D eigenvalue weighted by Gasteiger charge is -2.00. The second kappa shape index (κ2) is 6.28. The molecule has 0 bridgehead atoms. The van der Waals surface area contributed by atoms with Gasteiger partial charge in [0.2, 0.25) is 5.91 Å². The lowest BCUT2D eigenvalue weighted by molar-refractivity contribution is -0.116. The van der Waals surface area contributed by atoms with E-state index >= 15 is 0 Å². The van der Waals surface area contributed by atoms with Crippen LogP contribution in [0.5, 0.6) is 0 Å². The van der Waals surface area contributed by atoms with Gasteiger partial charge < -0.3 is 5.32 Å². The van der Waals surface area contributed by atoms with Crippen LogP contribution in [0.3, 0.4) is 0 Å². The van der Waals surface area contributed by atoms with E-state index in [0.717, 1.165) is 15.6 Å². The molecule has 0 saturated heterocycles. The van der Waals surface area contributed by atoms with E-state index in [0.29, 0.717) is 6.54 Å². The van der Waals surface area contributed by atoms with Gasteiger partial charge in [-0.05, 0) is 30.7 Å². The minimum atomic E-state index is -0.106. The van der Waals surface area contributed by atoms with E-state index in [2.05, 4.69) is 27.8 Å². The van der Waals surface area contributed by atoms with E-state index in [4.69, 9.17) is 0 Å². The fourth-order valence-corrected chi connectivity index (χ4v) is 1.31. The third kappa shape index (κ3) is 4.94. The predicted octanol–water partition coefficient (Wildman–Crippen LogP) is 3.15. The zero-order chi connectivity index (χ0) is 12.0. The summed E-state index contributed by atoms with van der Waals surface area (Å²) in [7, 11) is 0. The maximum atomic E-state index is 11.3. The van der Waals surface area contributed by atoms with Crippen molar-refractivity contribution < 1.29 is 4.79 Å². The van der Waals surface area contributed by atoms with E-state index in [1.54, 1.807) is 6.08 Å². The average Bonchev–Trinajstić information content (AvgIpc) is 2.25. The Morgan fingerprint density at radius 1 is 1.44 bits per heavy atom. The van der Waals surface area contributed by atoms with Gasteiger partial charge >= 0.3 is 0 Å². The second-order valence-corrected chi connectivity index (χ2v) is 4.48. The summed E-state index contributed by atoms with van der Waals surface area (Å²) in [6, 6.07) is 7.75. The van der Waals surface area contributed by atoms with Crippen molar-refractivity contribution in [2.75, 3.05) is 6.54 Å². The number of nitrogens with one attached hydrogen (secondary N) is 1. The molecular weight excluding hydrogens is 266 g/mol. The van der Waals surface area contributed by atoms with E-state index in [1.165, 1.54) is 6.08 Å². The van der Waals surface area contributed by atoms with E-state index < -0.39 is 0 Å². The molecular formula is C13H14BrNO. The van der Waals surface area contributed by atoms with Crippen LogP contribution >= 0.6 is 15.9 Å². The van der Waals surface area contributed by atoms with Crippen LogP contribution in [-0.4, -0.2) is 12.5 Å². The third-order valence-electron chi connectivity index (χ3n) is 1.86. The highest BCUT2D eigenvalue weighted by atomic mass is 79.9. The molecule has 0 saturated carbocycles. The number of rotatable bonds is 4. The minimum Gasteiger partial charge on any atom is -0.349 e. The lowest BCUT2D eigenvalue weighted by atomic mass is 10.2. The Morgan fingerprint density at radius 3 is 2.62 bits per heavy atom. The Morgan fingerprint density at radius 2 is 2.06 bits per heavy atom. The van der Waals surface area contributed by atoms with Crippen molar-refractivity contribution in [3.05, 3.63) is 52.5 Å². The zero-order valence-corrected chi connectivity index (χ0v) is 10.8. The Balaban J connectivity index is 2.50. The van der Waals surface area contributed by atoms with Gasteiger partial charge in [0.1, 0.15) is 0 Å². The van der Waals surface area contributed by atoms with E-state index in [1.807, 2.05) is 31.2 Å². The van der Waals surface area contributed by atoms with Gasteiger partial charge in [0.05, 0.1) is 0 Å². The largest absolute Gasteiger partial charge is 0.349 e. The molecule has 1 aromatic carbocycles. The number of carbonyl (C=O) groups is 1. The van der Waals surface area contributed by atoms with Gasteiger partial charge in [0, 0.05) is 17.1 Å². The fraction of sp³-hybridized carbons (Fsp3) is 0.154. The number of carbonyl (C=O) groups excluding carboxylic acids is 1. The molecule has 16 heavy (non-hydrogen) atoms. The Labute approximate surface area is 104 Å². The summed E-state index contributed by atoms with van der Waals surface area (Å²) in [5.41, 5.74) is 1.93. The number of benzene rings is 1. The highest BCUT2D eigenvalue weighted by molar-refractivity contribution is 9.10. The summed E-state index contributed by atoms with van der Waals surface area (Å²) in [5, 5.41) is 2.73. The first-order chi connectivity index (χ1) is 7.58. The summed E-state index contributed by atoms with van der Waals surface area (Å²) in [6.45, 7) is 6.10. The molecule has 84 valence electrons. The van der Waals surface area contributed by atoms with Gasteiger partial charge in [-0.2, -0.15) is 0 Å². The third-order valence-corrected chi connectivity index (χ3v) is 2.39. The van der Waals surface area contributed by atoms with Crippen LogP contribution < -0.4 is 5.32 Å². The first-order valence-electron chi connectivity index (χ1n) is 4.94. The molecule has 0 aliphatic carbocycles. The van der Waals surface area contributed by atoms with Crippen molar-refractivity contribution >= 4 is 27.9 Å². The molecule has 0 atom stereocenters. The molecule has 0 radical (unpaired) electrons. The maximum absolute atomic E-state index is 11.3. The van der Waals surface area contributed by atoms with Crippen molar-refractivity contribution in [2.24, 2.45) is 0 Å². The van der Waals surface area contributed by atoms with Gasteiger partial charge in [0.25, 0.3) is 0 Å². The first kappa shape index (κ1) is 12.7. The molecule has 1 amide bonds. The molecule has 3 heteroatoms. The number of hydrogen-bond acceptors (Lipinski definition) is 1. The Kier molecular flexibility index (Phi) is 4.99. The van der Waals surface area contributed by atoms with Gasteiger partial charge in [-0.25, -0.2) is 0 Å². The zero-order valence-electron chi connectivity index (χ0n) is 9.16. The molecule has 1 aromatic rings. The molecule has 1 N–H and O–H groups in total.